The third-order valence-corrected chi connectivity index (χ3v) is 9.26. The molecule has 1 fully saturated rings. The third-order valence-electron chi connectivity index (χ3n) is 6.21. The highest BCUT2D eigenvalue weighted by Gasteiger charge is 2.33. The molecule has 2 heterocycles. The van der Waals surface area contributed by atoms with Crippen LogP contribution in [0.2, 0.25) is 0 Å². The number of ether oxygens (including phenoxy) is 1. The Kier molecular flexibility index (Phi) is 6.97. The summed E-state index contributed by atoms with van der Waals surface area (Å²) in [4.78, 5) is 26.5. The normalized spacial score (nSPS) is 17.5. The van der Waals surface area contributed by atoms with Gasteiger partial charge < -0.3 is 10.1 Å². The van der Waals surface area contributed by atoms with Crippen LogP contribution in [0, 0.1) is 5.92 Å². The first-order valence-electron chi connectivity index (χ1n) is 10.9. The summed E-state index contributed by atoms with van der Waals surface area (Å²) in [5.74, 6) is -0.897. The highest BCUT2D eigenvalue weighted by molar-refractivity contribution is 7.88. The average molecular weight is 477 g/mol. The van der Waals surface area contributed by atoms with Crippen molar-refractivity contribution in [3.63, 3.8) is 0 Å². The Hall–Kier alpha value is -2.23. The van der Waals surface area contributed by atoms with E-state index in [1.165, 1.54) is 22.8 Å². The molecule has 1 N–H and O–H groups in total. The summed E-state index contributed by atoms with van der Waals surface area (Å²) >= 11 is 1.46. The average Bonchev–Trinajstić information content (AvgIpc) is 3.16. The summed E-state index contributed by atoms with van der Waals surface area (Å²) in [6.45, 7) is 0.635. The minimum Gasteiger partial charge on any atom is -0.465 e. The zero-order chi connectivity index (χ0) is 22.7. The van der Waals surface area contributed by atoms with Crippen LogP contribution < -0.4 is 5.32 Å². The Morgan fingerprint density at radius 1 is 1.12 bits per heavy atom. The monoisotopic (exact) mass is 476 g/mol. The molecule has 0 bridgehead atoms. The number of hydrogen-bond acceptors (Lipinski definition) is 6. The van der Waals surface area contributed by atoms with Crippen molar-refractivity contribution < 1.29 is 22.7 Å². The number of piperidine rings is 1. The number of rotatable bonds is 6. The Balaban J connectivity index is 1.40. The van der Waals surface area contributed by atoms with E-state index in [4.69, 9.17) is 4.74 Å². The van der Waals surface area contributed by atoms with Gasteiger partial charge in [0.15, 0.2) is 0 Å². The number of sulfonamides is 1. The number of nitrogens with zero attached hydrogens (tertiary/aromatic N) is 1. The van der Waals surface area contributed by atoms with E-state index in [1.54, 1.807) is 12.1 Å². The topological polar surface area (TPSA) is 92.8 Å². The van der Waals surface area contributed by atoms with Gasteiger partial charge in [-0.2, -0.15) is 0 Å². The van der Waals surface area contributed by atoms with Crippen molar-refractivity contribution in [2.75, 3.05) is 25.5 Å². The van der Waals surface area contributed by atoms with Gasteiger partial charge in [0.05, 0.1) is 18.4 Å². The van der Waals surface area contributed by atoms with E-state index in [2.05, 4.69) is 5.32 Å². The second-order valence-electron chi connectivity index (χ2n) is 8.31. The van der Waals surface area contributed by atoms with Gasteiger partial charge in [-0.15, -0.1) is 11.3 Å². The van der Waals surface area contributed by atoms with Crippen LogP contribution in [-0.2, 0) is 38.1 Å². The lowest BCUT2D eigenvalue weighted by molar-refractivity contribution is -0.120. The molecule has 1 aliphatic carbocycles. The van der Waals surface area contributed by atoms with Crippen LogP contribution in [-0.4, -0.2) is 44.8 Å². The number of carbonyl (C=O) groups is 2. The molecule has 0 radical (unpaired) electrons. The molecule has 1 aromatic heterocycles. The predicted molar refractivity (Wildman–Crippen MR) is 124 cm³/mol. The summed E-state index contributed by atoms with van der Waals surface area (Å²) in [7, 11) is -2.07. The van der Waals surface area contributed by atoms with E-state index < -0.39 is 16.0 Å². The van der Waals surface area contributed by atoms with Crippen LogP contribution in [0.1, 0.15) is 52.0 Å². The summed E-state index contributed by atoms with van der Waals surface area (Å²) < 4.78 is 32.0. The molecule has 0 unspecified atom stereocenters. The fourth-order valence-corrected chi connectivity index (χ4v) is 7.30. The molecular weight excluding hydrogens is 448 g/mol. The second-order valence-corrected chi connectivity index (χ2v) is 11.4. The number of anilines is 1. The maximum Gasteiger partial charge on any atom is 0.341 e. The number of thiophene rings is 1. The molecular formula is C23H28N2O5S2. The zero-order valence-electron chi connectivity index (χ0n) is 18.1. The smallest absolute Gasteiger partial charge is 0.341 e. The molecule has 1 aromatic carbocycles. The Morgan fingerprint density at radius 3 is 2.50 bits per heavy atom. The van der Waals surface area contributed by atoms with Gasteiger partial charge in [0.2, 0.25) is 15.9 Å². The Morgan fingerprint density at radius 2 is 1.81 bits per heavy atom. The zero-order valence-corrected chi connectivity index (χ0v) is 19.8. The number of benzene rings is 1. The summed E-state index contributed by atoms with van der Waals surface area (Å²) in [5, 5.41) is 3.52. The molecule has 0 saturated carbocycles. The molecule has 7 nitrogen and oxygen atoms in total. The van der Waals surface area contributed by atoms with E-state index in [1.807, 2.05) is 18.2 Å². The van der Waals surface area contributed by atoms with E-state index in [-0.39, 0.29) is 17.6 Å². The molecule has 0 atom stereocenters. The molecule has 1 aliphatic heterocycles. The Bertz CT molecular complexity index is 1090. The van der Waals surface area contributed by atoms with E-state index in [0.29, 0.717) is 36.5 Å². The molecule has 2 aliphatic rings. The predicted octanol–water partition coefficient (Wildman–Crippen LogP) is 3.59. The molecule has 9 heteroatoms. The number of hydrogen-bond donors (Lipinski definition) is 1. The van der Waals surface area contributed by atoms with Crippen molar-refractivity contribution in [1.82, 2.24) is 4.31 Å². The van der Waals surface area contributed by atoms with Crippen LogP contribution in [0.25, 0.3) is 0 Å². The van der Waals surface area contributed by atoms with Crippen molar-refractivity contribution in [3.05, 3.63) is 51.9 Å². The van der Waals surface area contributed by atoms with Crippen LogP contribution in [0.5, 0.6) is 0 Å². The van der Waals surface area contributed by atoms with E-state index in [9.17, 15) is 18.0 Å². The van der Waals surface area contributed by atoms with Crippen molar-refractivity contribution in [2.45, 2.75) is 44.3 Å². The van der Waals surface area contributed by atoms with Crippen molar-refractivity contribution in [1.29, 1.82) is 0 Å². The van der Waals surface area contributed by atoms with Gasteiger partial charge in [0, 0.05) is 23.9 Å². The fourth-order valence-electron chi connectivity index (χ4n) is 4.46. The van der Waals surface area contributed by atoms with Crippen LogP contribution in [0.4, 0.5) is 5.00 Å². The maximum atomic E-state index is 13.0. The van der Waals surface area contributed by atoms with Gasteiger partial charge in [0.1, 0.15) is 5.00 Å². The van der Waals surface area contributed by atoms with Gasteiger partial charge >= 0.3 is 5.97 Å². The highest BCUT2D eigenvalue weighted by Crippen LogP contribution is 2.39. The van der Waals surface area contributed by atoms with Crippen LogP contribution in [0.3, 0.4) is 0 Å². The lowest BCUT2D eigenvalue weighted by atomic mass is 9.95. The molecule has 1 saturated heterocycles. The van der Waals surface area contributed by atoms with Gasteiger partial charge in [-0.3, -0.25) is 4.79 Å². The van der Waals surface area contributed by atoms with Crippen LogP contribution in [0.15, 0.2) is 30.3 Å². The molecule has 2 aromatic rings. The highest BCUT2D eigenvalue weighted by atomic mass is 32.2. The number of amides is 1. The first-order valence-corrected chi connectivity index (χ1v) is 13.4. The fraction of sp³-hybridized carbons (Fsp3) is 0.478. The molecule has 172 valence electrons. The number of fused-ring (bicyclic) bond motifs is 1. The lowest BCUT2D eigenvalue weighted by Gasteiger charge is -2.30. The quantitative estimate of drug-likeness (QED) is 0.643. The summed E-state index contributed by atoms with van der Waals surface area (Å²) in [6, 6.07) is 9.11. The largest absolute Gasteiger partial charge is 0.465 e. The van der Waals surface area contributed by atoms with Crippen molar-refractivity contribution >= 4 is 38.2 Å². The second kappa shape index (κ2) is 9.72. The van der Waals surface area contributed by atoms with E-state index in [0.717, 1.165) is 41.7 Å². The summed E-state index contributed by atoms with van der Waals surface area (Å²) in [6.07, 6.45) is 4.76. The molecule has 4 rings (SSSR count). The molecule has 32 heavy (non-hydrogen) atoms. The maximum absolute atomic E-state index is 13.0. The standard InChI is InChI=1S/C23H28N2O5S2/c1-30-23(27)20-18-9-5-6-10-19(18)31-22(20)24-21(26)17-11-13-25(14-12-17)32(28,29)15-16-7-3-2-4-8-16/h2-4,7-8,17H,5-6,9-15H2,1H3,(H,24,26). The number of nitrogens with one attached hydrogen (secondary N) is 1. The van der Waals surface area contributed by atoms with Crippen LogP contribution >= 0.6 is 11.3 Å². The SMILES string of the molecule is COC(=O)c1c(NC(=O)C2CCN(S(=O)(=O)Cc3ccccc3)CC2)sc2c1CCCC2. The third kappa shape index (κ3) is 4.89. The number of methoxy groups -OCH3 is 1. The minimum atomic E-state index is -3.43. The number of carbonyl (C=O) groups excluding carboxylic acids is 2. The number of esters is 1. The van der Waals surface area contributed by atoms with Gasteiger partial charge in [0.25, 0.3) is 0 Å². The van der Waals surface area contributed by atoms with E-state index >= 15 is 0 Å². The first kappa shape index (κ1) is 22.9. The minimum absolute atomic E-state index is 0.0338. The lowest BCUT2D eigenvalue weighted by Crippen LogP contribution is -2.41. The Labute approximate surface area is 192 Å². The first-order chi connectivity index (χ1) is 15.4. The van der Waals surface area contributed by atoms with Crippen molar-refractivity contribution in [2.24, 2.45) is 5.92 Å². The summed E-state index contributed by atoms with van der Waals surface area (Å²) in [5.41, 5.74) is 2.25. The molecule has 1 amide bonds. The van der Waals surface area contributed by atoms with Gasteiger partial charge in [-0.05, 0) is 49.7 Å². The number of aryl methyl sites for hydroxylation is 1. The van der Waals surface area contributed by atoms with Gasteiger partial charge in [-0.25, -0.2) is 17.5 Å². The van der Waals surface area contributed by atoms with Gasteiger partial charge in [-0.1, -0.05) is 30.3 Å². The van der Waals surface area contributed by atoms with Crippen molar-refractivity contribution in [3.8, 4) is 0 Å². The molecule has 0 spiro atoms.